The molecule has 0 saturated carbocycles. The van der Waals surface area contributed by atoms with Gasteiger partial charge in [-0.3, -0.25) is 9.59 Å². The second-order valence-electron chi connectivity index (χ2n) is 5.63. The van der Waals surface area contributed by atoms with E-state index in [0.29, 0.717) is 30.2 Å². The van der Waals surface area contributed by atoms with Gasteiger partial charge in [0.15, 0.2) is 0 Å². The molecule has 0 saturated heterocycles. The lowest BCUT2D eigenvalue weighted by atomic mass is 10.2. The Morgan fingerprint density at radius 1 is 1.15 bits per heavy atom. The molecule has 2 aromatic carbocycles. The number of rotatable bonds is 8. The van der Waals surface area contributed by atoms with E-state index in [1.54, 1.807) is 48.3 Å². The summed E-state index contributed by atoms with van der Waals surface area (Å²) in [5.74, 6) is 0.353. The van der Waals surface area contributed by atoms with Crippen LogP contribution < -0.4 is 10.1 Å². The SMILES string of the molecule is CN(CCCOc1ccc(Cl)cc1)C(=O)CNC(=O)c1ccccc1I. The van der Waals surface area contributed by atoms with Gasteiger partial charge in [-0.15, -0.1) is 0 Å². The smallest absolute Gasteiger partial charge is 0.252 e. The van der Waals surface area contributed by atoms with Gasteiger partial charge < -0.3 is 15.0 Å². The monoisotopic (exact) mass is 486 g/mol. The van der Waals surface area contributed by atoms with Crippen molar-refractivity contribution in [3.63, 3.8) is 0 Å². The maximum atomic E-state index is 12.1. The van der Waals surface area contributed by atoms with Gasteiger partial charge in [-0.25, -0.2) is 0 Å². The summed E-state index contributed by atoms with van der Waals surface area (Å²) < 4.78 is 6.44. The predicted molar refractivity (Wildman–Crippen MR) is 111 cm³/mol. The van der Waals surface area contributed by atoms with Crippen LogP contribution >= 0.6 is 34.2 Å². The number of nitrogens with one attached hydrogen (secondary N) is 1. The van der Waals surface area contributed by atoms with Crippen molar-refractivity contribution < 1.29 is 14.3 Å². The fourth-order valence-corrected chi connectivity index (χ4v) is 2.94. The standard InChI is InChI=1S/C19H20ClIN2O3/c1-23(11-4-12-26-15-9-7-14(20)8-10-15)18(24)13-22-19(25)16-5-2-3-6-17(16)21/h2-3,5-10H,4,11-13H2,1H3,(H,22,25). The lowest BCUT2D eigenvalue weighted by Gasteiger charge is -2.17. The number of likely N-dealkylation sites (N-methyl/N-ethyl adjacent to an activating group) is 1. The first-order valence-corrected chi connectivity index (χ1v) is 9.58. The van der Waals surface area contributed by atoms with E-state index in [1.807, 2.05) is 12.1 Å². The van der Waals surface area contributed by atoms with Crippen molar-refractivity contribution >= 4 is 46.0 Å². The van der Waals surface area contributed by atoms with Crippen LogP contribution in [-0.2, 0) is 4.79 Å². The Morgan fingerprint density at radius 3 is 2.54 bits per heavy atom. The van der Waals surface area contributed by atoms with Gasteiger partial charge in [0.25, 0.3) is 5.91 Å². The van der Waals surface area contributed by atoms with E-state index in [-0.39, 0.29) is 18.4 Å². The van der Waals surface area contributed by atoms with E-state index < -0.39 is 0 Å². The zero-order valence-corrected chi connectivity index (χ0v) is 17.3. The molecule has 0 heterocycles. The molecule has 0 aliphatic carbocycles. The summed E-state index contributed by atoms with van der Waals surface area (Å²) in [6.45, 7) is 1.01. The quantitative estimate of drug-likeness (QED) is 0.458. The van der Waals surface area contributed by atoms with Crippen molar-refractivity contribution in [2.24, 2.45) is 0 Å². The predicted octanol–water partition coefficient (Wildman–Crippen LogP) is 3.60. The van der Waals surface area contributed by atoms with Gasteiger partial charge in [0.05, 0.1) is 18.7 Å². The average Bonchev–Trinajstić information content (AvgIpc) is 2.64. The largest absolute Gasteiger partial charge is 0.494 e. The van der Waals surface area contributed by atoms with Crippen molar-refractivity contribution in [3.05, 3.63) is 62.7 Å². The van der Waals surface area contributed by atoms with Gasteiger partial charge in [-0.2, -0.15) is 0 Å². The third-order valence-electron chi connectivity index (χ3n) is 3.66. The molecule has 0 aromatic heterocycles. The second kappa shape index (κ2) is 10.4. The van der Waals surface area contributed by atoms with Crippen LogP contribution in [0.4, 0.5) is 0 Å². The van der Waals surface area contributed by atoms with E-state index in [9.17, 15) is 9.59 Å². The summed E-state index contributed by atoms with van der Waals surface area (Å²) in [5, 5.41) is 3.33. The van der Waals surface area contributed by atoms with Crippen molar-refractivity contribution in [1.29, 1.82) is 0 Å². The van der Waals surface area contributed by atoms with E-state index in [1.165, 1.54) is 0 Å². The third kappa shape index (κ3) is 6.49. The van der Waals surface area contributed by atoms with Gasteiger partial charge in [-0.05, 0) is 65.4 Å². The molecule has 0 unspecified atom stereocenters. The Balaban J connectivity index is 1.68. The lowest BCUT2D eigenvalue weighted by Crippen LogP contribution is -2.39. The van der Waals surface area contributed by atoms with E-state index in [0.717, 1.165) is 9.32 Å². The van der Waals surface area contributed by atoms with Crippen LogP contribution in [0.15, 0.2) is 48.5 Å². The number of benzene rings is 2. The van der Waals surface area contributed by atoms with Crippen LogP contribution in [0.1, 0.15) is 16.8 Å². The number of ether oxygens (including phenoxy) is 1. The Kier molecular flexibility index (Phi) is 8.18. The fourth-order valence-electron chi connectivity index (χ4n) is 2.18. The van der Waals surface area contributed by atoms with Crippen LogP contribution in [0.5, 0.6) is 5.75 Å². The van der Waals surface area contributed by atoms with Crippen LogP contribution in [0, 0.1) is 3.57 Å². The molecule has 0 bridgehead atoms. The topological polar surface area (TPSA) is 58.6 Å². The van der Waals surface area contributed by atoms with Crippen LogP contribution in [-0.4, -0.2) is 43.5 Å². The minimum absolute atomic E-state index is 0.0294. The number of halogens is 2. The molecule has 0 radical (unpaired) electrons. The number of carbonyl (C=O) groups excluding carboxylic acids is 2. The Hall–Kier alpha value is -1.80. The molecule has 1 N–H and O–H groups in total. The zero-order valence-electron chi connectivity index (χ0n) is 14.4. The Bertz CT molecular complexity index is 753. The molecule has 7 heteroatoms. The summed E-state index contributed by atoms with van der Waals surface area (Å²) in [4.78, 5) is 25.8. The van der Waals surface area contributed by atoms with Crippen molar-refractivity contribution in [1.82, 2.24) is 10.2 Å². The first-order valence-electron chi connectivity index (χ1n) is 8.12. The van der Waals surface area contributed by atoms with E-state index >= 15 is 0 Å². The molecular formula is C19H20ClIN2O3. The number of hydrogen-bond acceptors (Lipinski definition) is 3. The molecule has 138 valence electrons. The fraction of sp³-hybridized carbons (Fsp3) is 0.263. The van der Waals surface area contributed by atoms with Crippen molar-refractivity contribution in [2.45, 2.75) is 6.42 Å². The minimum atomic E-state index is -0.247. The number of nitrogens with zero attached hydrogens (tertiary/aromatic N) is 1. The van der Waals surface area contributed by atoms with Gasteiger partial charge in [0.1, 0.15) is 5.75 Å². The highest BCUT2D eigenvalue weighted by Gasteiger charge is 2.13. The summed E-state index contributed by atoms with van der Waals surface area (Å²) in [6.07, 6.45) is 0.690. The normalized spacial score (nSPS) is 10.3. The first kappa shape index (κ1) is 20.5. The molecule has 0 atom stereocenters. The number of carbonyl (C=O) groups is 2. The molecule has 0 aliphatic heterocycles. The lowest BCUT2D eigenvalue weighted by molar-refractivity contribution is -0.128. The van der Waals surface area contributed by atoms with Gasteiger partial charge in [-0.1, -0.05) is 23.7 Å². The molecule has 2 amide bonds. The minimum Gasteiger partial charge on any atom is -0.494 e. The van der Waals surface area contributed by atoms with Crippen molar-refractivity contribution in [3.8, 4) is 5.75 Å². The molecule has 2 rings (SSSR count). The maximum absolute atomic E-state index is 12.1. The third-order valence-corrected chi connectivity index (χ3v) is 4.86. The van der Waals surface area contributed by atoms with E-state index in [2.05, 4.69) is 27.9 Å². The van der Waals surface area contributed by atoms with Crippen LogP contribution in [0.2, 0.25) is 5.02 Å². The highest BCUT2D eigenvalue weighted by Crippen LogP contribution is 2.15. The molecule has 26 heavy (non-hydrogen) atoms. The molecule has 0 spiro atoms. The highest BCUT2D eigenvalue weighted by atomic mass is 127. The average molecular weight is 487 g/mol. The van der Waals surface area contributed by atoms with Gasteiger partial charge in [0, 0.05) is 22.2 Å². The highest BCUT2D eigenvalue weighted by molar-refractivity contribution is 14.1. The summed E-state index contributed by atoms with van der Waals surface area (Å²) in [6, 6.07) is 14.4. The molecule has 0 aliphatic rings. The molecule has 2 aromatic rings. The zero-order chi connectivity index (χ0) is 18.9. The summed E-state index contributed by atoms with van der Waals surface area (Å²) >= 11 is 7.92. The summed E-state index contributed by atoms with van der Waals surface area (Å²) in [7, 11) is 1.71. The molecule has 5 nitrogen and oxygen atoms in total. The Labute approximate surface area is 171 Å². The van der Waals surface area contributed by atoms with Crippen molar-refractivity contribution in [2.75, 3.05) is 26.7 Å². The van der Waals surface area contributed by atoms with Crippen LogP contribution in [0.25, 0.3) is 0 Å². The number of amides is 2. The molecule has 0 fully saturated rings. The molecular weight excluding hydrogens is 467 g/mol. The number of hydrogen-bond donors (Lipinski definition) is 1. The Morgan fingerprint density at radius 2 is 1.85 bits per heavy atom. The van der Waals surface area contributed by atoms with Gasteiger partial charge >= 0.3 is 0 Å². The van der Waals surface area contributed by atoms with Gasteiger partial charge in [0.2, 0.25) is 5.91 Å². The van der Waals surface area contributed by atoms with E-state index in [4.69, 9.17) is 16.3 Å². The first-order chi connectivity index (χ1) is 12.5. The van der Waals surface area contributed by atoms with Crippen LogP contribution in [0.3, 0.4) is 0 Å². The maximum Gasteiger partial charge on any atom is 0.252 e. The second-order valence-corrected chi connectivity index (χ2v) is 7.23. The summed E-state index contributed by atoms with van der Waals surface area (Å²) in [5.41, 5.74) is 0.569.